The number of hydrogen-bond donors (Lipinski definition) is 1. The van der Waals surface area contributed by atoms with Gasteiger partial charge in [-0.25, -0.2) is 19.0 Å². The maximum Gasteiger partial charge on any atom is 0.408 e. The highest BCUT2D eigenvalue weighted by Crippen LogP contribution is 2.47. The Balaban J connectivity index is 1.48. The minimum Gasteiger partial charge on any atom is -0.483 e. The molecule has 1 spiro atoms. The lowest BCUT2D eigenvalue weighted by Crippen LogP contribution is -2.53. The maximum atomic E-state index is 14.4. The van der Waals surface area contributed by atoms with Crippen LogP contribution in [0.2, 0.25) is 0 Å². The highest BCUT2D eigenvalue weighted by atomic mass is 19.1. The van der Waals surface area contributed by atoms with Crippen molar-refractivity contribution in [2.75, 3.05) is 13.7 Å². The van der Waals surface area contributed by atoms with Crippen molar-refractivity contribution in [2.45, 2.75) is 95.4 Å². The van der Waals surface area contributed by atoms with E-state index in [2.05, 4.69) is 11.9 Å². The molecule has 2 aliphatic heterocycles. The quantitative estimate of drug-likeness (QED) is 0.145. The molecule has 0 bridgehead atoms. The lowest BCUT2D eigenvalue weighted by atomic mass is 9.86. The summed E-state index contributed by atoms with van der Waals surface area (Å²) in [6.45, 7) is 9.13. The molecule has 2 amide bonds. The number of amides is 2. The molecule has 0 saturated carbocycles. The summed E-state index contributed by atoms with van der Waals surface area (Å²) in [5.41, 5.74) is 1.09. The van der Waals surface area contributed by atoms with Crippen LogP contribution in [0.25, 0.3) is 22.2 Å². The van der Waals surface area contributed by atoms with Gasteiger partial charge in [-0.05, 0) is 71.1 Å². The fraction of sp³-hybridized carbons (Fsp3) is 0.459. The number of aromatic nitrogens is 1. The molecule has 0 radical (unpaired) electrons. The number of nitrogens with zero attached hydrogens (tertiary/aromatic N) is 2. The maximum absolute atomic E-state index is 14.4. The van der Waals surface area contributed by atoms with E-state index in [1.807, 2.05) is 30.3 Å². The predicted molar refractivity (Wildman–Crippen MR) is 177 cm³/mol. The molecule has 3 unspecified atom stereocenters. The Morgan fingerprint density at radius 2 is 1.96 bits per heavy atom. The highest BCUT2D eigenvalue weighted by molar-refractivity contribution is 5.91. The second-order valence-electron chi connectivity index (χ2n) is 13.4. The number of methoxy groups -OCH3 is 1. The van der Waals surface area contributed by atoms with Crippen LogP contribution in [0.3, 0.4) is 0 Å². The molecule has 1 aromatic heterocycles. The molecule has 3 aromatic rings. The average Bonchev–Trinajstić information content (AvgIpc) is 3.40. The number of hydrogen-bond acceptors (Lipinski definition) is 7. The third kappa shape index (κ3) is 7.75. The molecule has 1 fully saturated rings. The molecular formula is C37H44FN3O6. The number of ether oxygens (including phenoxy) is 3. The molecule has 3 atom stereocenters. The van der Waals surface area contributed by atoms with Crippen molar-refractivity contribution < 1.29 is 33.0 Å². The van der Waals surface area contributed by atoms with Gasteiger partial charge < -0.3 is 24.4 Å². The number of unbranched alkanes of at least 4 members (excludes halogenated alkanes) is 3. The van der Waals surface area contributed by atoms with E-state index >= 15 is 0 Å². The summed E-state index contributed by atoms with van der Waals surface area (Å²) in [7, 11) is 1.29. The molecule has 3 heterocycles. The zero-order valence-electron chi connectivity index (χ0n) is 27.6. The first kappa shape index (κ1) is 33.9. The Morgan fingerprint density at radius 1 is 1.17 bits per heavy atom. The average molecular weight is 646 g/mol. The van der Waals surface area contributed by atoms with E-state index in [-0.39, 0.29) is 13.0 Å². The number of esters is 1. The third-order valence-electron chi connectivity index (χ3n) is 8.74. The summed E-state index contributed by atoms with van der Waals surface area (Å²) < 4.78 is 31.9. The number of allylic oxidation sites excluding steroid dienone is 1. The lowest BCUT2D eigenvalue weighted by Gasteiger charge is -2.37. The Hall–Kier alpha value is -4.47. The first-order valence-electron chi connectivity index (χ1n) is 16.3. The van der Waals surface area contributed by atoms with Crippen molar-refractivity contribution in [1.29, 1.82) is 0 Å². The van der Waals surface area contributed by atoms with E-state index in [0.29, 0.717) is 42.7 Å². The zero-order chi connectivity index (χ0) is 33.8. The number of fused-ring (bicyclic) bond motifs is 3. The van der Waals surface area contributed by atoms with Crippen LogP contribution in [-0.2, 0) is 25.5 Å². The first-order chi connectivity index (χ1) is 22.4. The predicted octanol–water partition coefficient (Wildman–Crippen LogP) is 6.91. The van der Waals surface area contributed by atoms with Gasteiger partial charge in [-0.2, -0.15) is 0 Å². The number of carbonyl (C=O) groups excluding carboxylic acids is 3. The first-order valence-corrected chi connectivity index (χ1v) is 16.3. The van der Waals surface area contributed by atoms with Crippen LogP contribution in [0, 0.1) is 5.82 Å². The standard InChI is InChI=1S/C37H44FN3O6/c1-6-7-8-9-10-18-29(40-35(44)47-36(2,3)4)33(42)41-23-37(22-30(41)34(43)45-5)20-19-27-26-16-11-12-17-28(26)39-31(32(27)46-37)24-14-13-15-25(38)21-24/h6,11-17,21,29-30H,1,7-10,18-20,22-23H2,2-5H3,(H,40,44). The fourth-order valence-corrected chi connectivity index (χ4v) is 6.57. The van der Waals surface area contributed by atoms with Crippen LogP contribution in [0.5, 0.6) is 5.75 Å². The topological polar surface area (TPSA) is 107 Å². The summed E-state index contributed by atoms with van der Waals surface area (Å²) in [5.74, 6) is -0.839. The molecular weight excluding hydrogens is 601 g/mol. The Labute approximate surface area is 275 Å². The van der Waals surface area contributed by atoms with Crippen molar-refractivity contribution in [3.63, 3.8) is 0 Å². The van der Waals surface area contributed by atoms with E-state index in [1.165, 1.54) is 24.1 Å². The summed E-state index contributed by atoms with van der Waals surface area (Å²) in [6, 6.07) is 12.1. The minimum atomic E-state index is -0.936. The summed E-state index contributed by atoms with van der Waals surface area (Å²) in [5, 5.41) is 3.71. The molecule has 1 N–H and O–H groups in total. The summed E-state index contributed by atoms with van der Waals surface area (Å²) >= 11 is 0. The van der Waals surface area contributed by atoms with Crippen LogP contribution in [0.4, 0.5) is 9.18 Å². The van der Waals surface area contributed by atoms with Crippen LogP contribution >= 0.6 is 0 Å². The van der Waals surface area contributed by atoms with Gasteiger partial charge in [-0.15, -0.1) is 6.58 Å². The van der Waals surface area contributed by atoms with Crippen LogP contribution in [-0.4, -0.2) is 64.8 Å². The molecule has 10 heteroatoms. The van der Waals surface area contributed by atoms with Gasteiger partial charge in [0.15, 0.2) is 0 Å². The molecule has 5 rings (SSSR count). The number of alkyl carbamates (subject to hydrolysis) is 1. The molecule has 2 aliphatic rings. The van der Waals surface area contributed by atoms with Gasteiger partial charge in [0.05, 0.1) is 19.2 Å². The van der Waals surface area contributed by atoms with E-state index in [9.17, 15) is 18.8 Å². The number of para-hydroxylation sites is 1. The summed E-state index contributed by atoms with van der Waals surface area (Å²) in [6.07, 6.45) is 6.14. The van der Waals surface area contributed by atoms with Gasteiger partial charge in [0.2, 0.25) is 5.91 Å². The van der Waals surface area contributed by atoms with Gasteiger partial charge >= 0.3 is 12.1 Å². The van der Waals surface area contributed by atoms with Gasteiger partial charge in [-0.3, -0.25) is 4.79 Å². The number of nitrogens with one attached hydrogen (secondary N) is 1. The van der Waals surface area contributed by atoms with Crippen LogP contribution in [0.15, 0.2) is 61.2 Å². The third-order valence-corrected chi connectivity index (χ3v) is 8.74. The number of benzene rings is 2. The largest absolute Gasteiger partial charge is 0.483 e. The number of carbonyl (C=O) groups is 3. The molecule has 9 nitrogen and oxygen atoms in total. The molecule has 2 aromatic carbocycles. The number of rotatable bonds is 10. The Kier molecular flexibility index (Phi) is 10.2. The van der Waals surface area contributed by atoms with Crippen molar-refractivity contribution in [3.05, 3.63) is 72.6 Å². The molecule has 0 aliphatic carbocycles. The SMILES string of the molecule is C=CCCCCCC(NC(=O)OC(C)(C)C)C(=O)N1CC2(CCc3c(c(-c4cccc(F)c4)nc4ccccc34)O2)CC1C(=O)OC. The van der Waals surface area contributed by atoms with E-state index < -0.39 is 47.1 Å². The smallest absolute Gasteiger partial charge is 0.408 e. The number of likely N-dealkylation sites (tertiary alicyclic amines) is 1. The van der Waals surface area contributed by atoms with Crippen molar-refractivity contribution in [3.8, 4) is 17.0 Å². The summed E-state index contributed by atoms with van der Waals surface area (Å²) in [4.78, 5) is 46.8. The second-order valence-corrected chi connectivity index (χ2v) is 13.4. The van der Waals surface area contributed by atoms with E-state index in [1.54, 1.807) is 32.9 Å². The normalized spacial score (nSPS) is 19.5. The Bertz CT molecular complexity index is 1650. The lowest BCUT2D eigenvalue weighted by molar-refractivity contribution is -0.151. The molecule has 1 saturated heterocycles. The zero-order valence-corrected chi connectivity index (χ0v) is 27.6. The van der Waals surface area contributed by atoms with Gasteiger partial charge in [0.1, 0.15) is 40.5 Å². The van der Waals surface area contributed by atoms with Crippen LogP contribution < -0.4 is 10.1 Å². The van der Waals surface area contributed by atoms with Crippen LogP contribution in [0.1, 0.15) is 71.3 Å². The van der Waals surface area contributed by atoms with Crippen molar-refractivity contribution in [2.24, 2.45) is 0 Å². The van der Waals surface area contributed by atoms with E-state index in [4.69, 9.17) is 19.2 Å². The van der Waals surface area contributed by atoms with Gasteiger partial charge in [0.25, 0.3) is 0 Å². The van der Waals surface area contributed by atoms with Crippen molar-refractivity contribution >= 4 is 28.9 Å². The number of halogens is 1. The molecule has 47 heavy (non-hydrogen) atoms. The fourth-order valence-electron chi connectivity index (χ4n) is 6.57. The Morgan fingerprint density at radius 3 is 2.68 bits per heavy atom. The molecule has 250 valence electrons. The van der Waals surface area contributed by atoms with Gasteiger partial charge in [-0.1, -0.05) is 49.2 Å². The van der Waals surface area contributed by atoms with Crippen molar-refractivity contribution in [1.82, 2.24) is 15.2 Å². The van der Waals surface area contributed by atoms with Gasteiger partial charge in [0, 0.05) is 22.9 Å². The number of aryl methyl sites for hydroxylation is 1. The minimum absolute atomic E-state index is 0.101. The number of pyridine rings is 1. The highest BCUT2D eigenvalue weighted by Gasteiger charge is 2.53. The van der Waals surface area contributed by atoms with E-state index in [0.717, 1.165) is 35.7 Å². The second kappa shape index (κ2) is 14.1. The monoisotopic (exact) mass is 645 g/mol.